The van der Waals surface area contributed by atoms with Crippen LogP contribution in [0.15, 0.2) is 41.2 Å². The molecule has 0 N–H and O–H groups in total. The van der Waals surface area contributed by atoms with Crippen molar-refractivity contribution < 1.29 is 14.3 Å². The van der Waals surface area contributed by atoms with Gasteiger partial charge in [0, 0.05) is 56.0 Å². The molecule has 0 aliphatic carbocycles. The summed E-state index contributed by atoms with van der Waals surface area (Å²) in [6.07, 6.45) is 1.99. The van der Waals surface area contributed by atoms with Gasteiger partial charge in [0.2, 0.25) is 5.91 Å². The Hall–Kier alpha value is -2.51. The molecular weight excluding hydrogens is 368 g/mol. The monoisotopic (exact) mass is 396 g/mol. The summed E-state index contributed by atoms with van der Waals surface area (Å²) in [5.74, 6) is 0.980. The molecule has 0 unspecified atom stereocenters. The molecule has 0 bridgehead atoms. The van der Waals surface area contributed by atoms with E-state index in [2.05, 4.69) is 35.0 Å². The van der Waals surface area contributed by atoms with Crippen molar-refractivity contribution in [2.24, 2.45) is 4.99 Å². The van der Waals surface area contributed by atoms with Crippen LogP contribution in [0, 0.1) is 0 Å². The number of benzene rings is 1. The number of allylic oxidation sites excluding steroid dienone is 1. The number of ether oxygens (including phenoxy) is 1. The Kier molecular flexibility index (Phi) is 5.78. The van der Waals surface area contributed by atoms with Crippen molar-refractivity contribution >= 4 is 23.1 Å². The van der Waals surface area contributed by atoms with E-state index in [9.17, 15) is 9.59 Å². The van der Waals surface area contributed by atoms with Gasteiger partial charge in [-0.1, -0.05) is 18.2 Å². The Balaban J connectivity index is 1.49. The number of anilines is 1. The first-order chi connectivity index (χ1) is 14.0. The van der Waals surface area contributed by atoms with Gasteiger partial charge in [0.05, 0.1) is 19.6 Å². The molecular formula is C22H28N4O3. The summed E-state index contributed by atoms with van der Waals surface area (Å²) in [5, 5.41) is 0. The third-order valence-electron chi connectivity index (χ3n) is 5.59. The van der Waals surface area contributed by atoms with Gasteiger partial charge in [0.1, 0.15) is 5.82 Å². The van der Waals surface area contributed by atoms with Gasteiger partial charge in [-0.05, 0) is 25.7 Å². The molecule has 0 aromatic heterocycles. The second kappa shape index (κ2) is 8.47. The fraction of sp³-hybridized carbons (Fsp3) is 0.500. The zero-order chi connectivity index (χ0) is 20.4. The molecule has 3 aliphatic heterocycles. The third-order valence-corrected chi connectivity index (χ3v) is 5.59. The fourth-order valence-corrected chi connectivity index (χ4v) is 4.29. The first-order valence-corrected chi connectivity index (χ1v) is 10.2. The standard InChI is InChI=1S/C22H28N4O3/c1-24(2)14-16-15-26(20-6-4-3-5-19(16)20)22(28)12-17-11-18(27)13-21(23-17)25-7-9-29-10-8-25/h3-6,13,16H,7-12,14-15H2,1-2H3/t16-/m1/s1. The van der Waals surface area contributed by atoms with Crippen LogP contribution in [0.3, 0.4) is 0 Å². The van der Waals surface area contributed by atoms with Gasteiger partial charge in [-0.2, -0.15) is 0 Å². The van der Waals surface area contributed by atoms with E-state index < -0.39 is 0 Å². The number of hydrogen-bond acceptors (Lipinski definition) is 6. The molecule has 1 fully saturated rings. The molecule has 0 saturated carbocycles. The number of ketones is 1. The summed E-state index contributed by atoms with van der Waals surface area (Å²) in [5.41, 5.74) is 2.85. The van der Waals surface area contributed by atoms with Crippen LogP contribution in [0.5, 0.6) is 0 Å². The Morgan fingerprint density at radius 2 is 2.00 bits per heavy atom. The van der Waals surface area contributed by atoms with Crippen LogP contribution in [-0.4, -0.2) is 80.7 Å². The minimum Gasteiger partial charge on any atom is -0.378 e. The van der Waals surface area contributed by atoms with Gasteiger partial charge in [-0.15, -0.1) is 0 Å². The molecule has 29 heavy (non-hydrogen) atoms. The first-order valence-electron chi connectivity index (χ1n) is 10.2. The predicted octanol–water partition coefficient (Wildman–Crippen LogP) is 1.66. The highest BCUT2D eigenvalue weighted by atomic mass is 16.5. The van der Waals surface area contributed by atoms with E-state index in [1.165, 1.54) is 5.56 Å². The minimum absolute atomic E-state index is 0.00786. The Labute approximate surface area is 171 Å². The maximum atomic E-state index is 13.2. The summed E-state index contributed by atoms with van der Waals surface area (Å²) in [6.45, 7) is 4.26. The number of aliphatic imine (C=N–C) groups is 1. The molecule has 1 amide bonds. The van der Waals surface area contributed by atoms with Gasteiger partial charge in [0.25, 0.3) is 0 Å². The van der Waals surface area contributed by atoms with Crippen LogP contribution < -0.4 is 4.90 Å². The SMILES string of the molecule is CN(C)C[C@@H]1CN(C(=O)CC2=NC(N3CCOCC3)=CC(=O)C2)c2ccccc21. The first kappa shape index (κ1) is 19.8. The zero-order valence-electron chi connectivity index (χ0n) is 17.1. The van der Waals surface area contributed by atoms with Crippen molar-refractivity contribution in [2.75, 3.05) is 58.4 Å². The number of fused-ring (bicyclic) bond motifs is 1. The molecule has 0 spiro atoms. The number of para-hydroxylation sites is 1. The highest BCUT2D eigenvalue weighted by molar-refractivity contribution is 6.16. The van der Waals surface area contributed by atoms with Gasteiger partial charge in [-0.3, -0.25) is 9.59 Å². The lowest BCUT2D eigenvalue weighted by atomic mass is 10.0. The van der Waals surface area contributed by atoms with Crippen LogP contribution >= 0.6 is 0 Å². The van der Waals surface area contributed by atoms with E-state index in [0.717, 1.165) is 25.3 Å². The van der Waals surface area contributed by atoms with Crippen LogP contribution in [0.25, 0.3) is 0 Å². The van der Waals surface area contributed by atoms with Gasteiger partial charge in [-0.25, -0.2) is 4.99 Å². The Morgan fingerprint density at radius 1 is 1.24 bits per heavy atom. The third kappa shape index (κ3) is 4.41. The summed E-state index contributed by atoms with van der Waals surface area (Å²) < 4.78 is 5.38. The molecule has 1 saturated heterocycles. The van der Waals surface area contributed by atoms with E-state index in [4.69, 9.17) is 4.74 Å². The van der Waals surface area contributed by atoms with E-state index in [1.807, 2.05) is 23.1 Å². The number of hydrogen-bond donors (Lipinski definition) is 0. The van der Waals surface area contributed by atoms with Crippen LogP contribution in [0.2, 0.25) is 0 Å². The second-order valence-corrected chi connectivity index (χ2v) is 8.12. The Morgan fingerprint density at radius 3 is 2.76 bits per heavy atom. The Bertz CT molecular complexity index is 855. The number of morpholine rings is 1. The second-order valence-electron chi connectivity index (χ2n) is 8.12. The smallest absolute Gasteiger partial charge is 0.232 e. The average molecular weight is 396 g/mol. The van der Waals surface area contributed by atoms with E-state index in [1.54, 1.807) is 6.08 Å². The zero-order valence-corrected chi connectivity index (χ0v) is 17.1. The number of carbonyl (C=O) groups is 2. The maximum absolute atomic E-state index is 13.2. The van der Waals surface area contributed by atoms with Crippen molar-refractivity contribution in [1.29, 1.82) is 0 Å². The van der Waals surface area contributed by atoms with Crippen LogP contribution in [-0.2, 0) is 14.3 Å². The predicted molar refractivity (Wildman–Crippen MR) is 112 cm³/mol. The highest BCUT2D eigenvalue weighted by Crippen LogP contribution is 2.36. The topological polar surface area (TPSA) is 65.4 Å². The largest absolute Gasteiger partial charge is 0.378 e. The average Bonchev–Trinajstić information content (AvgIpc) is 3.06. The minimum atomic E-state index is 0.00786. The lowest BCUT2D eigenvalue weighted by molar-refractivity contribution is -0.117. The maximum Gasteiger partial charge on any atom is 0.232 e. The summed E-state index contributed by atoms with van der Waals surface area (Å²) in [7, 11) is 4.10. The molecule has 1 aromatic rings. The van der Waals surface area contributed by atoms with Crippen LogP contribution in [0.4, 0.5) is 5.69 Å². The van der Waals surface area contributed by atoms with Crippen molar-refractivity contribution in [3.63, 3.8) is 0 Å². The van der Waals surface area contributed by atoms with Gasteiger partial charge < -0.3 is 19.4 Å². The number of nitrogens with zero attached hydrogens (tertiary/aromatic N) is 4. The van der Waals surface area contributed by atoms with E-state index >= 15 is 0 Å². The van der Waals surface area contributed by atoms with Crippen LogP contribution in [0.1, 0.15) is 24.3 Å². The molecule has 7 nitrogen and oxygen atoms in total. The summed E-state index contributed by atoms with van der Waals surface area (Å²) >= 11 is 0. The molecule has 3 heterocycles. The quantitative estimate of drug-likeness (QED) is 0.757. The number of carbonyl (C=O) groups excluding carboxylic acids is 2. The van der Waals surface area contributed by atoms with Crippen molar-refractivity contribution in [2.45, 2.75) is 18.8 Å². The highest BCUT2D eigenvalue weighted by Gasteiger charge is 2.33. The van der Waals surface area contributed by atoms with Gasteiger partial charge in [0.15, 0.2) is 5.78 Å². The molecule has 4 rings (SSSR count). The molecule has 7 heteroatoms. The fourth-order valence-electron chi connectivity index (χ4n) is 4.29. The number of amides is 1. The van der Waals surface area contributed by atoms with Crippen molar-refractivity contribution in [1.82, 2.24) is 9.80 Å². The van der Waals surface area contributed by atoms with E-state index in [-0.39, 0.29) is 24.5 Å². The lowest BCUT2D eigenvalue weighted by Crippen LogP contribution is -2.37. The molecule has 0 radical (unpaired) electrons. The normalized spacial score (nSPS) is 21.9. The molecule has 1 atom stereocenters. The van der Waals surface area contributed by atoms with Gasteiger partial charge >= 0.3 is 0 Å². The molecule has 154 valence electrons. The van der Waals surface area contributed by atoms with E-state index in [0.29, 0.717) is 37.2 Å². The number of rotatable bonds is 5. The molecule has 1 aromatic carbocycles. The summed E-state index contributed by atoms with van der Waals surface area (Å²) in [6, 6.07) is 8.12. The number of likely N-dealkylation sites (N-methyl/N-ethyl adjacent to an activating group) is 1. The van der Waals surface area contributed by atoms with Crippen molar-refractivity contribution in [3.05, 3.63) is 41.7 Å². The lowest BCUT2D eigenvalue weighted by Gasteiger charge is -2.30. The molecule has 3 aliphatic rings. The summed E-state index contributed by atoms with van der Waals surface area (Å²) in [4.78, 5) is 36.2. The van der Waals surface area contributed by atoms with Crippen molar-refractivity contribution in [3.8, 4) is 0 Å².